The summed E-state index contributed by atoms with van der Waals surface area (Å²) >= 11 is 1.16. The smallest absolute Gasteiger partial charge is 0.387 e. The maximum Gasteiger partial charge on any atom is 0.387 e. The largest absolute Gasteiger partial charge is 0.435 e. The van der Waals surface area contributed by atoms with E-state index in [2.05, 4.69) is 9.72 Å². The van der Waals surface area contributed by atoms with Gasteiger partial charge in [-0.3, -0.25) is 9.59 Å². The van der Waals surface area contributed by atoms with Crippen molar-refractivity contribution >= 4 is 28.7 Å². The van der Waals surface area contributed by atoms with Gasteiger partial charge in [0.2, 0.25) is 0 Å². The fraction of sp³-hybridized carbons (Fsp3) is 0.409. The Morgan fingerprint density at radius 3 is 2.62 bits per heavy atom. The number of halogens is 3. The summed E-state index contributed by atoms with van der Waals surface area (Å²) in [7, 11) is 0. The molecule has 10 heteroatoms. The van der Waals surface area contributed by atoms with Crippen LogP contribution in [0.25, 0.3) is 16.1 Å². The second kappa shape index (κ2) is 7.70. The number of hydrogen-bond acceptors (Lipinski definition) is 7. The normalized spacial score (nSPS) is 26.2. The minimum absolute atomic E-state index is 0.0923. The van der Waals surface area contributed by atoms with Crippen LogP contribution in [0.15, 0.2) is 24.0 Å². The van der Waals surface area contributed by atoms with Gasteiger partial charge in [-0.15, -0.1) is 11.3 Å². The third kappa shape index (κ3) is 3.32. The van der Waals surface area contributed by atoms with Gasteiger partial charge in [0.05, 0.1) is 35.3 Å². The molecule has 2 unspecified atom stereocenters. The van der Waals surface area contributed by atoms with Crippen molar-refractivity contribution < 1.29 is 37.0 Å². The average Bonchev–Trinajstić information content (AvgIpc) is 3.45. The van der Waals surface area contributed by atoms with Crippen molar-refractivity contribution in [2.45, 2.75) is 45.5 Å². The van der Waals surface area contributed by atoms with E-state index in [1.807, 2.05) is 0 Å². The van der Waals surface area contributed by atoms with Crippen LogP contribution >= 0.6 is 11.3 Å². The topological polar surface area (TPSA) is 74.7 Å². The SMILES string of the molecule is CC(=O)OC1=C(c2nc(-c3ccc(OC(F)F)cc3F)sc2C)C(=O)[C@@H]2C3CCC(O3)[C@H]12. The first kappa shape index (κ1) is 21.1. The molecule has 168 valence electrons. The molecular weight excluding hydrogens is 447 g/mol. The molecule has 1 aromatic carbocycles. The van der Waals surface area contributed by atoms with E-state index in [1.54, 1.807) is 6.92 Å². The second-order valence-electron chi connectivity index (χ2n) is 7.98. The monoisotopic (exact) mass is 465 g/mol. The molecule has 2 bridgehead atoms. The highest BCUT2D eigenvalue weighted by Gasteiger charge is 2.60. The number of alkyl halides is 2. The van der Waals surface area contributed by atoms with Gasteiger partial charge in [0, 0.05) is 23.4 Å². The van der Waals surface area contributed by atoms with Gasteiger partial charge in [0.15, 0.2) is 5.78 Å². The van der Waals surface area contributed by atoms with Gasteiger partial charge in [-0.1, -0.05) is 0 Å². The Kier molecular flexibility index (Phi) is 5.09. The van der Waals surface area contributed by atoms with Crippen molar-refractivity contribution in [3.63, 3.8) is 0 Å². The van der Waals surface area contributed by atoms with E-state index >= 15 is 0 Å². The fourth-order valence-corrected chi connectivity index (χ4v) is 5.84. The van der Waals surface area contributed by atoms with Gasteiger partial charge in [-0.05, 0) is 31.9 Å². The van der Waals surface area contributed by atoms with Crippen LogP contribution < -0.4 is 4.74 Å². The first-order chi connectivity index (χ1) is 15.2. The van der Waals surface area contributed by atoms with Crippen LogP contribution in [0, 0.1) is 24.6 Å². The summed E-state index contributed by atoms with van der Waals surface area (Å²) < 4.78 is 55.0. The van der Waals surface area contributed by atoms with Gasteiger partial charge in [0.1, 0.15) is 22.3 Å². The van der Waals surface area contributed by atoms with Crippen molar-refractivity contribution in [1.29, 1.82) is 0 Å². The number of carbonyl (C=O) groups excluding carboxylic acids is 2. The second-order valence-corrected chi connectivity index (χ2v) is 9.19. The standard InChI is InChI=1S/C22H18F3NO5S/c1-8-18(26-21(32-8)11-4-3-10(7-12(11)23)30-22(24)25)17-19(28)15-13-5-6-14(31-13)16(15)20(17)29-9(2)27/h3-4,7,13-16,22H,5-6H2,1-2H3/t13?,14?,15-,16+/m1/s1. The number of thiazole rings is 1. The third-order valence-electron chi connectivity index (χ3n) is 6.05. The van der Waals surface area contributed by atoms with Gasteiger partial charge in [-0.2, -0.15) is 8.78 Å². The van der Waals surface area contributed by atoms with Crippen LogP contribution in [0.5, 0.6) is 5.75 Å². The minimum atomic E-state index is -3.06. The highest BCUT2D eigenvalue weighted by molar-refractivity contribution is 7.15. The summed E-state index contributed by atoms with van der Waals surface area (Å²) in [4.78, 5) is 30.3. The van der Waals surface area contributed by atoms with Crippen molar-refractivity contribution in [2.24, 2.45) is 11.8 Å². The number of benzene rings is 1. The number of aromatic nitrogens is 1. The summed E-state index contributed by atoms with van der Waals surface area (Å²) in [6, 6.07) is 3.39. The zero-order valence-electron chi connectivity index (χ0n) is 17.1. The predicted molar refractivity (Wildman–Crippen MR) is 107 cm³/mol. The zero-order chi connectivity index (χ0) is 22.7. The Morgan fingerprint density at radius 2 is 1.97 bits per heavy atom. The molecule has 2 aromatic rings. The molecule has 1 aromatic heterocycles. The van der Waals surface area contributed by atoms with Gasteiger partial charge >= 0.3 is 12.6 Å². The van der Waals surface area contributed by atoms with Crippen LogP contribution in [0.3, 0.4) is 0 Å². The summed E-state index contributed by atoms with van der Waals surface area (Å²) in [5.74, 6) is -2.26. The third-order valence-corrected chi connectivity index (χ3v) is 7.06. The van der Waals surface area contributed by atoms with E-state index in [-0.39, 0.29) is 51.6 Å². The zero-order valence-corrected chi connectivity index (χ0v) is 17.9. The van der Waals surface area contributed by atoms with E-state index in [1.165, 1.54) is 19.1 Å². The Bertz CT molecular complexity index is 1160. The number of fused-ring (bicyclic) bond motifs is 5. The number of esters is 1. The first-order valence-electron chi connectivity index (χ1n) is 10.1. The summed E-state index contributed by atoms with van der Waals surface area (Å²) in [6.45, 7) is -0.0467. The molecule has 3 aliphatic rings. The Labute approximate surface area is 185 Å². The number of nitrogens with zero attached hydrogens (tertiary/aromatic N) is 1. The first-order valence-corrected chi connectivity index (χ1v) is 10.9. The molecule has 4 atom stereocenters. The molecule has 2 fully saturated rings. The molecule has 2 aliphatic heterocycles. The molecule has 1 aliphatic carbocycles. The fourth-order valence-electron chi connectivity index (χ4n) is 4.89. The molecule has 0 radical (unpaired) electrons. The molecule has 3 heterocycles. The molecule has 0 saturated carbocycles. The summed E-state index contributed by atoms with van der Waals surface area (Å²) in [5, 5.41) is 0.275. The Balaban J connectivity index is 1.56. The summed E-state index contributed by atoms with van der Waals surface area (Å²) in [5.41, 5.74) is 0.676. The lowest BCUT2D eigenvalue weighted by Crippen LogP contribution is -2.29. The molecule has 0 N–H and O–H groups in total. The lowest BCUT2D eigenvalue weighted by Gasteiger charge is -2.21. The molecule has 32 heavy (non-hydrogen) atoms. The van der Waals surface area contributed by atoms with E-state index in [9.17, 15) is 22.8 Å². The Morgan fingerprint density at radius 1 is 1.25 bits per heavy atom. The average molecular weight is 465 g/mol. The lowest BCUT2D eigenvalue weighted by atomic mass is 9.80. The molecule has 0 amide bonds. The number of aryl methyl sites for hydroxylation is 1. The van der Waals surface area contributed by atoms with Crippen molar-refractivity contribution in [3.05, 3.63) is 40.3 Å². The number of allylic oxidation sites excluding steroid dienone is 1. The number of ketones is 1. The minimum Gasteiger partial charge on any atom is -0.435 e. The van der Waals surface area contributed by atoms with Gasteiger partial charge in [0.25, 0.3) is 0 Å². The summed E-state index contributed by atoms with van der Waals surface area (Å²) in [6.07, 6.45) is 1.17. The molecular formula is C22H18F3NO5S. The molecule has 0 spiro atoms. The van der Waals surface area contributed by atoms with Crippen LogP contribution in [0.4, 0.5) is 13.2 Å². The highest BCUT2D eigenvalue weighted by Crippen LogP contribution is 2.55. The van der Waals surface area contributed by atoms with Crippen LogP contribution in [-0.4, -0.2) is 35.6 Å². The van der Waals surface area contributed by atoms with E-state index in [0.29, 0.717) is 10.6 Å². The number of rotatable bonds is 5. The van der Waals surface area contributed by atoms with Crippen molar-refractivity contribution in [3.8, 4) is 16.3 Å². The van der Waals surface area contributed by atoms with E-state index in [4.69, 9.17) is 9.47 Å². The molecule has 5 rings (SSSR count). The predicted octanol–water partition coefficient (Wildman–Crippen LogP) is 4.51. The molecule has 2 saturated heterocycles. The van der Waals surface area contributed by atoms with Gasteiger partial charge in [-0.25, -0.2) is 9.37 Å². The quantitative estimate of drug-likeness (QED) is 0.605. The molecule has 6 nitrogen and oxygen atoms in total. The number of carbonyl (C=O) groups is 2. The maximum atomic E-state index is 14.6. The van der Waals surface area contributed by atoms with E-state index in [0.717, 1.165) is 30.2 Å². The Hall–Kier alpha value is -2.72. The van der Waals surface area contributed by atoms with Crippen LogP contribution in [-0.2, 0) is 19.1 Å². The highest BCUT2D eigenvalue weighted by atomic mass is 32.1. The number of Topliss-reactive ketones (excluding diaryl/α,β-unsaturated/α-hetero) is 1. The van der Waals surface area contributed by atoms with Gasteiger partial charge < -0.3 is 14.2 Å². The number of hydrogen-bond donors (Lipinski definition) is 0. The van der Waals surface area contributed by atoms with Crippen molar-refractivity contribution in [2.75, 3.05) is 0 Å². The van der Waals surface area contributed by atoms with Crippen molar-refractivity contribution in [1.82, 2.24) is 4.98 Å². The lowest BCUT2D eigenvalue weighted by molar-refractivity contribution is -0.138. The van der Waals surface area contributed by atoms with E-state index < -0.39 is 24.3 Å². The maximum absolute atomic E-state index is 14.6. The van der Waals surface area contributed by atoms with Crippen LogP contribution in [0.1, 0.15) is 30.3 Å². The number of ether oxygens (including phenoxy) is 3. The van der Waals surface area contributed by atoms with Crippen LogP contribution in [0.2, 0.25) is 0 Å².